The van der Waals surface area contributed by atoms with Gasteiger partial charge in [-0.1, -0.05) is 29.3 Å². The van der Waals surface area contributed by atoms with Gasteiger partial charge in [0.1, 0.15) is 6.04 Å². The first kappa shape index (κ1) is 19.5. The number of halogens is 2. The normalized spacial score (nSPS) is 19.8. The molecule has 2 fully saturated rings. The molecular weight excluding hydrogens is 373 g/mol. The van der Waals surface area contributed by atoms with Crippen LogP contribution in [0.25, 0.3) is 0 Å². The highest BCUT2D eigenvalue weighted by atomic mass is 35.5. The summed E-state index contributed by atoms with van der Waals surface area (Å²) in [5.74, 6) is 0.748. The van der Waals surface area contributed by atoms with Crippen molar-refractivity contribution in [1.82, 2.24) is 15.5 Å². The van der Waals surface area contributed by atoms with Crippen LogP contribution in [0.3, 0.4) is 0 Å². The first-order valence-electron chi connectivity index (χ1n) is 9.21. The van der Waals surface area contributed by atoms with Crippen LogP contribution in [-0.4, -0.2) is 48.9 Å². The summed E-state index contributed by atoms with van der Waals surface area (Å²) in [4.78, 5) is 26.0. The van der Waals surface area contributed by atoms with Gasteiger partial charge in [0.05, 0.1) is 10.0 Å². The van der Waals surface area contributed by atoms with Gasteiger partial charge in [0, 0.05) is 32.1 Å². The molecule has 1 aromatic carbocycles. The minimum Gasteiger partial charge on any atom is -0.351 e. The van der Waals surface area contributed by atoms with Crippen molar-refractivity contribution in [2.24, 2.45) is 5.92 Å². The highest BCUT2D eigenvalue weighted by molar-refractivity contribution is 6.42. The molecular formula is C19H25Cl2N3O2. The van der Waals surface area contributed by atoms with Gasteiger partial charge in [-0.15, -0.1) is 0 Å². The lowest BCUT2D eigenvalue weighted by Gasteiger charge is -2.33. The standard InChI is InChI=1S/C19H25Cl2N3O2/c20-16-4-3-14(9-17(16)21)10-18(22-12-25)19(26)23-15-5-7-24(8-6-15)11-13-1-2-13/h3-4,9,12-13,15,18H,1-2,5-8,10-11H2,(H,22,25)(H,23,26)/t18-/m1/s1. The van der Waals surface area contributed by atoms with E-state index in [0.29, 0.717) is 22.9 Å². The minimum atomic E-state index is -0.616. The maximum absolute atomic E-state index is 12.6. The molecule has 1 aliphatic heterocycles. The monoisotopic (exact) mass is 397 g/mol. The van der Waals surface area contributed by atoms with Crippen LogP contribution in [0.1, 0.15) is 31.2 Å². The average Bonchev–Trinajstić information content (AvgIpc) is 3.43. The molecule has 0 bridgehead atoms. The van der Waals surface area contributed by atoms with Crippen LogP contribution in [-0.2, 0) is 16.0 Å². The van der Waals surface area contributed by atoms with Crippen LogP contribution in [0, 0.1) is 5.92 Å². The molecule has 142 valence electrons. The van der Waals surface area contributed by atoms with Crippen molar-refractivity contribution in [2.45, 2.75) is 44.2 Å². The minimum absolute atomic E-state index is 0.149. The Kier molecular flexibility index (Phi) is 6.79. The summed E-state index contributed by atoms with van der Waals surface area (Å²) in [7, 11) is 0. The topological polar surface area (TPSA) is 61.4 Å². The van der Waals surface area contributed by atoms with Gasteiger partial charge in [-0.3, -0.25) is 9.59 Å². The number of carbonyl (C=O) groups is 2. The molecule has 3 rings (SSSR count). The Hall–Kier alpha value is -1.30. The summed E-state index contributed by atoms with van der Waals surface area (Å²) >= 11 is 12.0. The maximum Gasteiger partial charge on any atom is 0.243 e. The van der Waals surface area contributed by atoms with E-state index in [1.807, 2.05) is 6.07 Å². The molecule has 1 saturated carbocycles. The van der Waals surface area contributed by atoms with E-state index in [2.05, 4.69) is 15.5 Å². The molecule has 0 aromatic heterocycles. The summed E-state index contributed by atoms with van der Waals surface area (Å²) in [5, 5.41) is 6.62. The average molecular weight is 398 g/mol. The van der Waals surface area contributed by atoms with Crippen LogP contribution in [0.15, 0.2) is 18.2 Å². The van der Waals surface area contributed by atoms with Crippen molar-refractivity contribution in [2.75, 3.05) is 19.6 Å². The van der Waals surface area contributed by atoms with E-state index >= 15 is 0 Å². The third-order valence-electron chi connectivity index (χ3n) is 5.16. The molecule has 1 atom stereocenters. The number of nitrogens with one attached hydrogen (secondary N) is 2. The Morgan fingerprint density at radius 3 is 2.54 bits per heavy atom. The predicted molar refractivity (Wildman–Crippen MR) is 103 cm³/mol. The first-order valence-corrected chi connectivity index (χ1v) is 9.97. The molecule has 2 aliphatic rings. The number of rotatable bonds is 8. The molecule has 0 radical (unpaired) electrons. The van der Waals surface area contributed by atoms with Gasteiger partial charge in [-0.2, -0.15) is 0 Å². The SMILES string of the molecule is O=CN[C@H](Cc1ccc(Cl)c(Cl)c1)C(=O)NC1CCN(CC2CC2)CC1. The van der Waals surface area contributed by atoms with Crippen molar-refractivity contribution < 1.29 is 9.59 Å². The molecule has 1 aliphatic carbocycles. The highest BCUT2D eigenvalue weighted by Crippen LogP contribution is 2.30. The summed E-state index contributed by atoms with van der Waals surface area (Å²) < 4.78 is 0. The van der Waals surface area contributed by atoms with Gasteiger partial charge in [0.15, 0.2) is 0 Å². The molecule has 26 heavy (non-hydrogen) atoms. The summed E-state index contributed by atoms with van der Waals surface area (Å²) in [6, 6.07) is 4.80. The molecule has 1 heterocycles. The fourth-order valence-electron chi connectivity index (χ4n) is 3.44. The zero-order valence-corrected chi connectivity index (χ0v) is 16.2. The lowest BCUT2D eigenvalue weighted by Crippen LogP contribution is -2.51. The van der Waals surface area contributed by atoms with Gasteiger partial charge in [0.2, 0.25) is 12.3 Å². The summed E-state index contributed by atoms with van der Waals surface area (Å²) in [5.41, 5.74) is 0.855. The Morgan fingerprint density at radius 2 is 1.92 bits per heavy atom. The fourth-order valence-corrected chi connectivity index (χ4v) is 3.76. The zero-order chi connectivity index (χ0) is 18.5. The van der Waals surface area contributed by atoms with E-state index in [4.69, 9.17) is 23.2 Å². The van der Waals surface area contributed by atoms with E-state index in [1.165, 1.54) is 19.4 Å². The molecule has 1 aromatic rings. The second kappa shape index (κ2) is 9.07. The van der Waals surface area contributed by atoms with Gasteiger partial charge >= 0.3 is 0 Å². The van der Waals surface area contributed by atoms with Crippen LogP contribution < -0.4 is 10.6 Å². The molecule has 7 heteroatoms. The fraction of sp³-hybridized carbons (Fsp3) is 0.579. The Balaban J connectivity index is 1.51. The number of nitrogens with zero attached hydrogens (tertiary/aromatic N) is 1. The molecule has 2 N–H and O–H groups in total. The van der Waals surface area contributed by atoms with Gasteiger partial charge in [-0.05, 0) is 49.3 Å². The highest BCUT2D eigenvalue weighted by Gasteiger charge is 2.28. The molecule has 2 amide bonds. The van der Waals surface area contributed by atoms with E-state index in [-0.39, 0.29) is 11.9 Å². The van der Waals surface area contributed by atoms with Crippen molar-refractivity contribution in [3.05, 3.63) is 33.8 Å². The second-order valence-corrected chi connectivity index (χ2v) is 8.13. The van der Waals surface area contributed by atoms with E-state index in [9.17, 15) is 9.59 Å². The third-order valence-corrected chi connectivity index (χ3v) is 5.90. The van der Waals surface area contributed by atoms with E-state index in [0.717, 1.165) is 37.4 Å². The van der Waals surface area contributed by atoms with Crippen LogP contribution in [0.2, 0.25) is 10.0 Å². The number of hydrogen-bond acceptors (Lipinski definition) is 3. The summed E-state index contributed by atoms with van der Waals surface area (Å²) in [6.45, 7) is 3.26. The maximum atomic E-state index is 12.6. The number of benzene rings is 1. The van der Waals surface area contributed by atoms with E-state index in [1.54, 1.807) is 12.1 Å². The largest absolute Gasteiger partial charge is 0.351 e. The number of hydrogen-bond donors (Lipinski definition) is 2. The lowest BCUT2D eigenvalue weighted by molar-refractivity contribution is -0.126. The van der Waals surface area contributed by atoms with Crippen molar-refractivity contribution in [3.63, 3.8) is 0 Å². The second-order valence-electron chi connectivity index (χ2n) is 7.32. The van der Waals surface area contributed by atoms with Gasteiger partial charge in [0.25, 0.3) is 0 Å². The quantitative estimate of drug-likeness (QED) is 0.662. The van der Waals surface area contributed by atoms with Crippen LogP contribution in [0.5, 0.6) is 0 Å². The Labute approximate surface area is 164 Å². The van der Waals surface area contributed by atoms with E-state index < -0.39 is 6.04 Å². The lowest BCUT2D eigenvalue weighted by atomic mass is 10.0. The number of piperidine rings is 1. The van der Waals surface area contributed by atoms with Gasteiger partial charge < -0.3 is 15.5 Å². The van der Waals surface area contributed by atoms with Crippen LogP contribution in [0.4, 0.5) is 0 Å². The summed E-state index contributed by atoms with van der Waals surface area (Å²) in [6.07, 6.45) is 5.59. The third kappa shape index (κ3) is 5.60. The molecule has 0 unspecified atom stereocenters. The molecule has 1 saturated heterocycles. The predicted octanol–water partition coefficient (Wildman–Crippen LogP) is 2.64. The van der Waals surface area contributed by atoms with Crippen molar-refractivity contribution in [1.29, 1.82) is 0 Å². The number of amides is 2. The smallest absolute Gasteiger partial charge is 0.243 e. The van der Waals surface area contributed by atoms with Crippen molar-refractivity contribution in [3.8, 4) is 0 Å². The molecule has 5 nitrogen and oxygen atoms in total. The van der Waals surface area contributed by atoms with Gasteiger partial charge in [-0.25, -0.2) is 0 Å². The molecule has 0 spiro atoms. The van der Waals surface area contributed by atoms with Crippen LogP contribution >= 0.6 is 23.2 Å². The number of likely N-dealkylation sites (tertiary alicyclic amines) is 1. The first-order chi connectivity index (χ1) is 12.5. The zero-order valence-electron chi connectivity index (χ0n) is 14.7. The Morgan fingerprint density at radius 1 is 1.19 bits per heavy atom. The van der Waals surface area contributed by atoms with Crippen molar-refractivity contribution >= 4 is 35.5 Å². The number of carbonyl (C=O) groups excluding carboxylic acids is 2. The Bertz CT molecular complexity index is 644.